The smallest absolute Gasteiger partial charge is 0.263 e. The van der Waals surface area contributed by atoms with Gasteiger partial charge in [0.25, 0.3) is 5.56 Å². The van der Waals surface area contributed by atoms with Crippen LogP contribution in [0.15, 0.2) is 40.9 Å². The Morgan fingerprint density at radius 2 is 1.89 bits per heavy atom. The predicted molar refractivity (Wildman–Crippen MR) is 72.8 cm³/mol. The first-order valence-corrected chi connectivity index (χ1v) is 5.61. The summed E-state index contributed by atoms with van der Waals surface area (Å²) >= 11 is 4.72. The van der Waals surface area contributed by atoms with E-state index in [2.05, 4.69) is 15.7 Å². The molecule has 1 aromatic carbocycles. The number of rotatable bonds is 2. The molecule has 1 aromatic heterocycles. The molecular weight excluding hydrogens is 248 g/mol. The van der Waals surface area contributed by atoms with Crippen LogP contribution in [0.1, 0.15) is 11.1 Å². The number of aromatic hydroxyl groups is 1. The van der Waals surface area contributed by atoms with Crippen LogP contribution in [0.3, 0.4) is 0 Å². The van der Waals surface area contributed by atoms with Gasteiger partial charge < -0.3 is 10.1 Å². The van der Waals surface area contributed by atoms with Crippen LogP contribution in [0.2, 0.25) is 0 Å². The van der Waals surface area contributed by atoms with Gasteiger partial charge in [0.15, 0.2) is 4.77 Å². The van der Waals surface area contributed by atoms with Crippen molar-refractivity contribution in [1.29, 1.82) is 0 Å². The molecule has 0 aliphatic rings. The third-order valence-electron chi connectivity index (χ3n) is 2.24. The normalized spacial score (nSPS) is 9.56. The third kappa shape index (κ3) is 2.85. The van der Waals surface area contributed by atoms with Crippen LogP contribution in [-0.2, 0) is 0 Å². The van der Waals surface area contributed by atoms with E-state index < -0.39 is 5.56 Å². The molecule has 0 saturated carbocycles. The van der Waals surface area contributed by atoms with E-state index in [0.29, 0.717) is 0 Å². The average molecular weight is 258 g/mol. The van der Waals surface area contributed by atoms with Crippen molar-refractivity contribution < 1.29 is 5.11 Å². The molecule has 3 N–H and O–H groups in total. The van der Waals surface area contributed by atoms with Gasteiger partial charge in [-0.25, -0.2) is 0 Å². The summed E-state index contributed by atoms with van der Waals surface area (Å²) in [6.45, 7) is 0. The molecule has 0 bridgehead atoms. The fourth-order valence-electron chi connectivity index (χ4n) is 1.39. The van der Waals surface area contributed by atoms with Crippen LogP contribution in [-0.4, -0.2) is 15.1 Å². The lowest BCUT2D eigenvalue weighted by Gasteiger charge is -1.95. The van der Waals surface area contributed by atoms with Gasteiger partial charge in [0, 0.05) is 0 Å². The fourth-order valence-corrected chi connectivity index (χ4v) is 1.58. The van der Waals surface area contributed by atoms with Crippen molar-refractivity contribution in [2.45, 2.75) is 0 Å². The fraction of sp³-hybridized carbons (Fsp3) is 0. The molecule has 0 amide bonds. The van der Waals surface area contributed by atoms with Crippen LogP contribution in [0.4, 0.5) is 0 Å². The van der Waals surface area contributed by atoms with Crippen molar-refractivity contribution in [3.63, 3.8) is 0 Å². The van der Waals surface area contributed by atoms with Gasteiger partial charge >= 0.3 is 0 Å². The van der Waals surface area contributed by atoms with Crippen molar-refractivity contribution in [2.75, 3.05) is 0 Å². The molecule has 2 rings (SSSR count). The van der Waals surface area contributed by atoms with Crippen molar-refractivity contribution in [2.24, 2.45) is 0 Å². The number of benzene rings is 1. The molecule has 2 aromatic rings. The lowest BCUT2D eigenvalue weighted by Crippen LogP contribution is -2.10. The maximum absolute atomic E-state index is 11.5. The maximum Gasteiger partial charge on any atom is 0.263 e. The minimum Gasteiger partial charge on any atom is -0.494 e. The molecule has 0 atom stereocenters. The molecule has 0 spiro atoms. The van der Waals surface area contributed by atoms with E-state index in [1.807, 2.05) is 30.3 Å². The predicted octanol–water partition coefficient (Wildman–Crippen LogP) is 2.46. The van der Waals surface area contributed by atoms with Crippen LogP contribution in [0, 0.1) is 4.77 Å². The van der Waals surface area contributed by atoms with Crippen LogP contribution in [0.5, 0.6) is 5.88 Å². The van der Waals surface area contributed by atoms with Crippen molar-refractivity contribution in [3.05, 3.63) is 62.3 Å². The summed E-state index contributed by atoms with van der Waals surface area (Å²) in [4.78, 5) is 16.4. The van der Waals surface area contributed by atoms with Crippen molar-refractivity contribution >= 4 is 24.4 Å². The number of nitrogens with one attached hydrogen (secondary N) is 2. The Kier molecular flexibility index (Phi) is 3.57. The number of H-pyrrole nitrogens is 2. The molecule has 4 nitrogen and oxygen atoms in total. The van der Waals surface area contributed by atoms with E-state index in [0.717, 1.165) is 5.56 Å². The molecule has 0 saturated heterocycles. The van der Waals surface area contributed by atoms with E-state index in [9.17, 15) is 9.90 Å². The zero-order chi connectivity index (χ0) is 13.0. The second-order valence-corrected chi connectivity index (χ2v) is 3.94. The first kappa shape index (κ1) is 12.1. The number of hydrogen-bond acceptors (Lipinski definition) is 3. The highest BCUT2D eigenvalue weighted by atomic mass is 32.1. The Morgan fingerprint density at radius 3 is 2.56 bits per heavy atom. The Labute approximate surface area is 108 Å². The minimum atomic E-state index is -0.454. The molecule has 90 valence electrons. The lowest BCUT2D eigenvalue weighted by atomic mass is 10.2. The highest BCUT2D eigenvalue weighted by Gasteiger charge is 2.02. The summed E-state index contributed by atoms with van der Waals surface area (Å²) < 4.78 is 0.0849. The molecule has 0 aliphatic heterocycles. The molecule has 1 heterocycles. The first-order valence-electron chi connectivity index (χ1n) is 5.20. The maximum atomic E-state index is 11.5. The number of aromatic nitrogens is 2. The topological polar surface area (TPSA) is 68.9 Å². The summed E-state index contributed by atoms with van der Waals surface area (Å²) in [6, 6.07) is 9.52. The second-order valence-electron chi connectivity index (χ2n) is 3.54. The Balaban J connectivity index is 2.39. The second kappa shape index (κ2) is 5.31. The summed E-state index contributed by atoms with van der Waals surface area (Å²) in [5, 5.41) is 9.54. The van der Waals surface area contributed by atoms with Gasteiger partial charge in [-0.2, -0.15) is 0 Å². The monoisotopic (exact) mass is 258 g/mol. The van der Waals surface area contributed by atoms with Crippen molar-refractivity contribution in [1.82, 2.24) is 9.97 Å². The molecule has 0 unspecified atom stereocenters. The standard InChI is InChI=1S/C13H10N2O2S/c16-11-10(12(17)15-13(18)14-11)8-4-7-9-5-2-1-3-6-9/h1-3,5-8H,(H3,14,15,16,17,18). The van der Waals surface area contributed by atoms with Crippen molar-refractivity contribution in [3.8, 4) is 5.88 Å². The Bertz CT molecular complexity index is 723. The van der Waals surface area contributed by atoms with Gasteiger partial charge in [0.05, 0.1) is 0 Å². The summed E-state index contributed by atoms with van der Waals surface area (Å²) in [6.07, 6.45) is 3.10. The van der Waals surface area contributed by atoms with E-state index in [1.165, 1.54) is 6.08 Å². The summed E-state index contributed by atoms with van der Waals surface area (Å²) in [5.74, 6) is -0.266. The molecule has 18 heavy (non-hydrogen) atoms. The van der Waals surface area contributed by atoms with Crippen LogP contribution in [0.25, 0.3) is 12.2 Å². The van der Waals surface area contributed by atoms with Crippen LogP contribution >= 0.6 is 12.2 Å². The van der Waals surface area contributed by atoms with Gasteiger partial charge in [-0.3, -0.25) is 9.78 Å². The highest BCUT2D eigenvalue weighted by Crippen LogP contribution is 2.08. The Morgan fingerprint density at radius 1 is 1.17 bits per heavy atom. The van der Waals surface area contributed by atoms with E-state index in [1.54, 1.807) is 6.08 Å². The highest BCUT2D eigenvalue weighted by molar-refractivity contribution is 7.71. The molecule has 0 fully saturated rings. The number of aromatic amines is 2. The SMILES string of the molecule is O=c1[nH]c(=S)[nH]c(O)c1C=C=Cc1ccccc1. The third-order valence-corrected chi connectivity index (χ3v) is 2.44. The molecule has 0 aliphatic carbocycles. The number of hydrogen-bond donors (Lipinski definition) is 3. The largest absolute Gasteiger partial charge is 0.494 e. The minimum absolute atomic E-state index is 0.0849. The van der Waals surface area contributed by atoms with Gasteiger partial charge in [-0.05, 0) is 29.9 Å². The van der Waals surface area contributed by atoms with E-state index >= 15 is 0 Å². The van der Waals surface area contributed by atoms with E-state index in [4.69, 9.17) is 12.2 Å². The summed E-state index contributed by atoms with van der Waals surface area (Å²) in [7, 11) is 0. The average Bonchev–Trinajstić information content (AvgIpc) is 2.34. The van der Waals surface area contributed by atoms with Gasteiger partial charge in [-0.15, -0.1) is 5.73 Å². The first-order chi connectivity index (χ1) is 8.66. The summed E-state index contributed by atoms with van der Waals surface area (Å²) in [5.41, 5.74) is 3.43. The molecule has 0 radical (unpaired) electrons. The molecular formula is C13H10N2O2S. The van der Waals surface area contributed by atoms with E-state index in [-0.39, 0.29) is 16.2 Å². The van der Waals surface area contributed by atoms with Gasteiger partial charge in [-0.1, -0.05) is 30.3 Å². The zero-order valence-electron chi connectivity index (χ0n) is 9.31. The molecule has 5 heteroatoms. The van der Waals surface area contributed by atoms with Gasteiger partial charge in [0.2, 0.25) is 5.88 Å². The van der Waals surface area contributed by atoms with Gasteiger partial charge in [0.1, 0.15) is 5.56 Å². The lowest BCUT2D eigenvalue weighted by molar-refractivity contribution is 0.448. The Hall–Kier alpha value is -2.36. The zero-order valence-corrected chi connectivity index (χ0v) is 10.1. The quantitative estimate of drug-likeness (QED) is 0.572. The van der Waals surface area contributed by atoms with Crippen LogP contribution < -0.4 is 5.56 Å².